The number of hydrogen-bond donors (Lipinski definition) is 1. The molecule has 0 bridgehead atoms. The van der Waals surface area contributed by atoms with Gasteiger partial charge in [-0.2, -0.15) is 0 Å². The van der Waals surface area contributed by atoms with Crippen LogP contribution in [0.3, 0.4) is 0 Å². The Kier molecular flexibility index (Phi) is 2.40. The Hall–Kier alpha value is -1.42. The fraction of sp³-hybridized carbons (Fsp3) is 0.231. The number of carbonyl (C=O) groups is 1. The minimum absolute atomic E-state index is 0.0237. The number of benzene rings is 1. The van der Waals surface area contributed by atoms with E-state index in [-0.39, 0.29) is 18.1 Å². The van der Waals surface area contributed by atoms with Crippen molar-refractivity contribution in [1.29, 1.82) is 5.41 Å². The summed E-state index contributed by atoms with van der Waals surface area (Å²) >= 11 is 3.55. The lowest BCUT2D eigenvalue weighted by molar-refractivity contribution is 0.104. The van der Waals surface area contributed by atoms with Crippen LogP contribution in [0.25, 0.3) is 6.08 Å². The second-order valence-corrected chi connectivity index (χ2v) is 5.37. The van der Waals surface area contributed by atoms with Crippen LogP contribution in [-0.2, 0) is 6.42 Å². The Morgan fingerprint density at radius 1 is 1.41 bits per heavy atom. The summed E-state index contributed by atoms with van der Waals surface area (Å²) in [4.78, 5) is 12.2. The van der Waals surface area contributed by atoms with Crippen LogP contribution in [0, 0.1) is 5.41 Å². The highest BCUT2D eigenvalue weighted by Gasteiger charge is 2.27. The molecule has 3 nitrogen and oxygen atoms in total. The summed E-state index contributed by atoms with van der Waals surface area (Å²) in [5.41, 5.74) is 2.70. The normalized spacial score (nSPS) is 21.8. The number of carbonyl (C=O) groups excluding carboxylic acids is 1. The van der Waals surface area contributed by atoms with E-state index < -0.39 is 0 Å². The first-order chi connectivity index (χ1) is 8.16. The maximum atomic E-state index is 11.8. The molecule has 0 aromatic heterocycles. The number of fused-ring (bicyclic) bond motifs is 3. The van der Waals surface area contributed by atoms with E-state index in [0.29, 0.717) is 16.1 Å². The molecule has 1 atom stereocenters. The number of rotatable bonds is 0. The predicted molar refractivity (Wildman–Crippen MR) is 69.4 cm³/mol. The first kappa shape index (κ1) is 10.7. The van der Waals surface area contributed by atoms with Gasteiger partial charge >= 0.3 is 0 Å². The zero-order valence-electron chi connectivity index (χ0n) is 9.00. The molecule has 17 heavy (non-hydrogen) atoms. The zero-order chi connectivity index (χ0) is 12.0. The fourth-order valence-corrected chi connectivity index (χ4v) is 2.69. The van der Waals surface area contributed by atoms with Gasteiger partial charge in [-0.05, 0) is 18.1 Å². The Bertz CT molecular complexity index is 563. The highest BCUT2D eigenvalue weighted by molar-refractivity contribution is 9.09. The Morgan fingerprint density at radius 3 is 3.06 bits per heavy atom. The maximum Gasteiger partial charge on any atom is 0.213 e. The van der Waals surface area contributed by atoms with Gasteiger partial charge in [0.25, 0.3) is 0 Å². The number of nitrogens with one attached hydrogen (secondary N) is 1. The monoisotopic (exact) mass is 291 g/mol. The summed E-state index contributed by atoms with van der Waals surface area (Å²) in [6.45, 7) is 0.0772. The molecule has 0 spiro atoms. The van der Waals surface area contributed by atoms with Crippen molar-refractivity contribution in [2.45, 2.75) is 11.2 Å². The Labute approximate surface area is 107 Å². The highest BCUT2D eigenvalue weighted by Crippen LogP contribution is 2.35. The average molecular weight is 292 g/mol. The van der Waals surface area contributed by atoms with Crippen molar-refractivity contribution < 1.29 is 9.53 Å². The summed E-state index contributed by atoms with van der Waals surface area (Å²) in [5, 5.41) is 7.50. The largest absolute Gasteiger partial charge is 0.486 e. The number of alkyl halides is 1. The van der Waals surface area contributed by atoms with Crippen molar-refractivity contribution in [3.05, 3.63) is 34.9 Å². The Morgan fingerprint density at radius 2 is 2.24 bits per heavy atom. The van der Waals surface area contributed by atoms with Gasteiger partial charge in [0.1, 0.15) is 18.1 Å². The summed E-state index contributed by atoms with van der Waals surface area (Å²) in [6.07, 6.45) is 4.93. The molecular weight excluding hydrogens is 282 g/mol. The summed E-state index contributed by atoms with van der Waals surface area (Å²) < 4.78 is 5.53. The average Bonchev–Trinajstić information content (AvgIpc) is 2.33. The van der Waals surface area contributed by atoms with Gasteiger partial charge < -0.3 is 4.74 Å². The number of allylic oxidation sites excluding steroid dienone is 1. The van der Waals surface area contributed by atoms with Gasteiger partial charge in [-0.1, -0.05) is 34.1 Å². The molecule has 1 aliphatic heterocycles. The van der Waals surface area contributed by atoms with E-state index in [2.05, 4.69) is 22.0 Å². The third-order valence-corrected chi connectivity index (χ3v) is 3.68. The SMILES string of the molecule is N=C1COc2c(ccc3c2C=CC(Br)C3)C1=O. The molecule has 1 aromatic carbocycles. The molecule has 1 unspecified atom stereocenters. The molecule has 1 aromatic rings. The van der Waals surface area contributed by atoms with Gasteiger partial charge in [0, 0.05) is 10.4 Å². The summed E-state index contributed by atoms with van der Waals surface area (Å²) in [6, 6.07) is 3.72. The predicted octanol–water partition coefficient (Wildman–Crippen LogP) is 2.61. The standard InChI is InChI=1S/C13H10BrNO2/c14-8-2-4-9-7(5-8)1-3-10-12(16)11(15)6-17-13(9)10/h1-4,8,15H,5-6H2. The van der Waals surface area contributed by atoms with Crippen molar-refractivity contribution in [1.82, 2.24) is 0 Å². The quantitative estimate of drug-likeness (QED) is 0.747. The number of Topliss-reactive ketones (excluding diaryl/α,β-unsaturated/α-hetero) is 1. The van der Waals surface area contributed by atoms with Crippen LogP contribution in [-0.4, -0.2) is 22.9 Å². The maximum absolute atomic E-state index is 11.8. The van der Waals surface area contributed by atoms with E-state index in [1.165, 1.54) is 5.56 Å². The zero-order valence-corrected chi connectivity index (χ0v) is 10.6. The molecule has 0 amide bonds. The topological polar surface area (TPSA) is 50.1 Å². The molecule has 86 valence electrons. The minimum Gasteiger partial charge on any atom is -0.486 e. The van der Waals surface area contributed by atoms with Gasteiger partial charge in [-0.25, -0.2) is 0 Å². The first-order valence-electron chi connectivity index (χ1n) is 5.40. The van der Waals surface area contributed by atoms with Gasteiger partial charge in [0.15, 0.2) is 0 Å². The molecule has 0 radical (unpaired) electrons. The van der Waals surface area contributed by atoms with E-state index in [0.717, 1.165) is 12.0 Å². The molecule has 1 N–H and O–H groups in total. The fourth-order valence-electron chi connectivity index (χ4n) is 2.19. The third-order valence-electron chi connectivity index (χ3n) is 3.05. The van der Waals surface area contributed by atoms with E-state index >= 15 is 0 Å². The van der Waals surface area contributed by atoms with Crippen LogP contribution in [0.15, 0.2) is 18.2 Å². The number of halogens is 1. The van der Waals surface area contributed by atoms with Gasteiger partial charge in [0.05, 0.1) is 5.56 Å². The smallest absolute Gasteiger partial charge is 0.213 e. The van der Waals surface area contributed by atoms with E-state index in [4.69, 9.17) is 10.1 Å². The van der Waals surface area contributed by atoms with Crippen molar-refractivity contribution in [2.75, 3.05) is 6.61 Å². The van der Waals surface area contributed by atoms with Crippen LogP contribution in [0.4, 0.5) is 0 Å². The molecule has 3 rings (SSSR count). The molecule has 0 saturated carbocycles. The second-order valence-electron chi connectivity index (χ2n) is 4.19. The number of hydrogen-bond acceptors (Lipinski definition) is 3. The van der Waals surface area contributed by atoms with Crippen molar-refractivity contribution in [2.24, 2.45) is 0 Å². The first-order valence-corrected chi connectivity index (χ1v) is 6.31. The van der Waals surface area contributed by atoms with Crippen molar-refractivity contribution in [3.63, 3.8) is 0 Å². The molecule has 2 aliphatic rings. The summed E-state index contributed by atoms with van der Waals surface area (Å²) in [5.74, 6) is 0.419. The lowest BCUT2D eigenvalue weighted by Gasteiger charge is -2.23. The molecule has 1 aliphatic carbocycles. The van der Waals surface area contributed by atoms with Gasteiger partial charge in [-0.3, -0.25) is 10.2 Å². The highest BCUT2D eigenvalue weighted by atomic mass is 79.9. The Balaban J connectivity index is 2.18. The minimum atomic E-state index is -0.219. The molecule has 4 heteroatoms. The number of ketones is 1. The molecular formula is C13H10BrNO2. The van der Waals surface area contributed by atoms with Gasteiger partial charge in [0.2, 0.25) is 5.78 Å². The second kappa shape index (κ2) is 3.81. The van der Waals surface area contributed by atoms with Gasteiger partial charge in [-0.15, -0.1) is 0 Å². The van der Waals surface area contributed by atoms with Crippen LogP contribution in [0.1, 0.15) is 21.5 Å². The lowest BCUT2D eigenvalue weighted by Crippen LogP contribution is -2.28. The van der Waals surface area contributed by atoms with Crippen molar-refractivity contribution in [3.8, 4) is 5.75 Å². The van der Waals surface area contributed by atoms with E-state index in [1.807, 2.05) is 12.1 Å². The van der Waals surface area contributed by atoms with Crippen LogP contribution in [0.5, 0.6) is 5.75 Å². The molecule has 0 saturated heterocycles. The van der Waals surface area contributed by atoms with Crippen LogP contribution < -0.4 is 4.74 Å². The summed E-state index contributed by atoms with van der Waals surface area (Å²) in [7, 11) is 0. The van der Waals surface area contributed by atoms with Crippen molar-refractivity contribution >= 4 is 33.5 Å². The lowest BCUT2D eigenvalue weighted by atomic mass is 9.91. The van der Waals surface area contributed by atoms with Crippen LogP contribution >= 0.6 is 15.9 Å². The molecule has 0 fully saturated rings. The molecule has 1 heterocycles. The number of ether oxygens (including phenoxy) is 1. The van der Waals surface area contributed by atoms with Crippen LogP contribution in [0.2, 0.25) is 0 Å². The van der Waals surface area contributed by atoms with E-state index in [9.17, 15) is 4.79 Å². The van der Waals surface area contributed by atoms with E-state index in [1.54, 1.807) is 6.07 Å². The third kappa shape index (κ3) is 1.63.